The molecule has 0 amide bonds. The van der Waals surface area contributed by atoms with Gasteiger partial charge < -0.3 is 9.47 Å². The van der Waals surface area contributed by atoms with Crippen LogP contribution in [0.4, 0.5) is 0 Å². The Labute approximate surface area is 87.7 Å². The summed E-state index contributed by atoms with van der Waals surface area (Å²) in [5.74, 6) is -0.536. The van der Waals surface area contributed by atoms with E-state index in [4.69, 9.17) is 9.47 Å². The number of aromatic nitrogens is 3. The molecule has 0 unspecified atom stereocenters. The van der Waals surface area contributed by atoms with Crippen LogP contribution in [0.15, 0.2) is 18.9 Å². The Morgan fingerprint density at radius 2 is 2.33 bits per heavy atom. The van der Waals surface area contributed by atoms with Gasteiger partial charge in [-0.1, -0.05) is 11.3 Å². The van der Waals surface area contributed by atoms with Crippen LogP contribution >= 0.6 is 0 Å². The number of nitrogens with zero attached hydrogens (tertiary/aromatic N) is 3. The Morgan fingerprint density at radius 3 is 3.07 bits per heavy atom. The maximum absolute atomic E-state index is 5.83. The lowest BCUT2D eigenvalue weighted by Gasteiger charge is -2.20. The van der Waals surface area contributed by atoms with Crippen LogP contribution in [0.1, 0.15) is 31.7 Å². The number of hydrogen-bond donors (Lipinski definition) is 0. The second-order valence-electron chi connectivity index (χ2n) is 4.35. The highest BCUT2D eigenvalue weighted by atomic mass is 16.8. The van der Waals surface area contributed by atoms with Crippen LogP contribution in [0.2, 0.25) is 0 Å². The number of rotatable bonds is 1. The molecule has 0 spiro atoms. The van der Waals surface area contributed by atoms with Crippen molar-refractivity contribution in [1.29, 1.82) is 0 Å². The molecule has 15 heavy (non-hydrogen) atoms. The number of hydrogen-bond acceptors (Lipinski definition) is 4. The first kappa shape index (κ1) is 9.06. The number of ether oxygens (including phenoxy) is 2. The molecule has 0 aliphatic carbocycles. The van der Waals surface area contributed by atoms with Gasteiger partial charge in [0, 0.05) is 0 Å². The molecular weight excluding hydrogens is 194 g/mol. The predicted molar refractivity (Wildman–Crippen MR) is 52.0 cm³/mol. The highest BCUT2D eigenvalue weighted by molar-refractivity contribution is 5.17. The van der Waals surface area contributed by atoms with Crippen molar-refractivity contribution in [2.24, 2.45) is 0 Å². The molecule has 5 heteroatoms. The van der Waals surface area contributed by atoms with E-state index in [-0.39, 0.29) is 18.2 Å². The molecule has 0 radical (unpaired) electrons. The third kappa shape index (κ3) is 1.10. The predicted octanol–water partition coefficient (Wildman–Crippen LogP) is 1.21. The normalized spacial score (nSPS) is 36.3. The van der Waals surface area contributed by atoms with E-state index in [2.05, 4.69) is 16.9 Å². The summed E-state index contributed by atoms with van der Waals surface area (Å²) in [6.07, 6.45) is 3.46. The maximum Gasteiger partial charge on any atom is 0.164 e. The van der Waals surface area contributed by atoms with Crippen LogP contribution < -0.4 is 0 Å². The first-order chi connectivity index (χ1) is 7.12. The molecule has 3 atom stereocenters. The fourth-order valence-electron chi connectivity index (χ4n) is 2.33. The molecule has 0 saturated carbocycles. The van der Waals surface area contributed by atoms with Gasteiger partial charge in [0.05, 0.1) is 11.9 Å². The molecule has 2 aliphatic heterocycles. The molecule has 1 aromatic heterocycles. The largest absolute Gasteiger partial charge is 0.342 e. The Kier molecular flexibility index (Phi) is 1.62. The molecule has 80 valence electrons. The van der Waals surface area contributed by atoms with E-state index in [0.29, 0.717) is 0 Å². The van der Waals surface area contributed by atoms with E-state index >= 15 is 0 Å². The third-order valence-corrected chi connectivity index (χ3v) is 2.88. The van der Waals surface area contributed by atoms with Crippen LogP contribution in [-0.2, 0) is 9.47 Å². The van der Waals surface area contributed by atoms with E-state index in [1.807, 2.05) is 24.6 Å². The lowest BCUT2D eigenvalue weighted by atomic mass is 10.1. The molecule has 3 heterocycles. The molecule has 0 N–H and O–H groups in total. The van der Waals surface area contributed by atoms with E-state index in [0.717, 1.165) is 5.69 Å². The zero-order chi connectivity index (χ0) is 10.6. The fraction of sp³-hybridized carbons (Fsp3) is 0.600. The van der Waals surface area contributed by atoms with E-state index in [1.165, 1.54) is 0 Å². The van der Waals surface area contributed by atoms with Crippen LogP contribution in [0.5, 0.6) is 0 Å². The summed E-state index contributed by atoms with van der Waals surface area (Å²) >= 11 is 0. The minimum Gasteiger partial charge on any atom is -0.342 e. The minimum atomic E-state index is -0.536. The topological polar surface area (TPSA) is 49.2 Å². The quantitative estimate of drug-likeness (QED) is 0.649. The zero-order valence-electron chi connectivity index (χ0n) is 8.75. The Bertz CT molecular complexity index is 413. The lowest BCUT2D eigenvalue weighted by Crippen LogP contribution is -2.26. The van der Waals surface area contributed by atoms with Gasteiger partial charge in [0.15, 0.2) is 5.79 Å². The fourth-order valence-corrected chi connectivity index (χ4v) is 2.33. The standard InChI is InChI=1S/C10H13N3O2/c1-4-6-8-9(15-10(2,3)14-8)7-5-11-12-13(6)7/h4-6,8-9H,1H2,2-3H3/t6-,8+,9-/m1/s1. The monoisotopic (exact) mass is 207 g/mol. The summed E-state index contributed by atoms with van der Waals surface area (Å²) in [4.78, 5) is 0. The SMILES string of the molecule is C=C[C@@H]1[C@@H]2OC(C)(C)O[C@@H]2c2cnnn21. The molecule has 0 aromatic carbocycles. The molecule has 5 nitrogen and oxygen atoms in total. The van der Waals surface area contributed by atoms with Crippen LogP contribution in [-0.4, -0.2) is 26.9 Å². The van der Waals surface area contributed by atoms with Gasteiger partial charge >= 0.3 is 0 Å². The lowest BCUT2D eigenvalue weighted by molar-refractivity contribution is -0.153. The van der Waals surface area contributed by atoms with E-state index in [1.54, 1.807) is 6.20 Å². The second-order valence-corrected chi connectivity index (χ2v) is 4.35. The van der Waals surface area contributed by atoms with Gasteiger partial charge in [-0.25, -0.2) is 4.68 Å². The van der Waals surface area contributed by atoms with Gasteiger partial charge in [-0.2, -0.15) is 0 Å². The summed E-state index contributed by atoms with van der Waals surface area (Å²) in [7, 11) is 0. The molecule has 0 bridgehead atoms. The molecular formula is C10H13N3O2. The Balaban J connectivity index is 2.05. The Hall–Kier alpha value is -1.20. The van der Waals surface area contributed by atoms with Crippen molar-refractivity contribution in [3.63, 3.8) is 0 Å². The minimum absolute atomic E-state index is 0.0225. The first-order valence-corrected chi connectivity index (χ1v) is 5.01. The second kappa shape index (κ2) is 2.68. The molecule has 3 rings (SSSR count). The summed E-state index contributed by atoms with van der Waals surface area (Å²) in [6.45, 7) is 7.64. The Morgan fingerprint density at radius 1 is 1.53 bits per heavy atom. The molecule has 1 saturated heterocycles. The van der Waals surface area contributed by atoms with Gasteiger partial charge in [-0.15, -0.1) is 11.7 Å². The van der Waals surface area contributed by atoms with E-state index < -0.39 is 5.79 Å². The van der Waals surface area contributed by atoms with Crippen LogP contribution in [0, 0.1) is 0 Å². The highest BCUT2D eigenvalue weighted by Gasteiger charge is 2.52. The average molecular weight is 207 g/mol. The molecule has 2 aliphatic rings. The van der Waals surface area contributed by atoms with Crippen molar-refractivity contribution >= 4 is 0 Å². The van der Waals surface area contributed by atoms with Gasteiger partial charge in [0.2, 0.25) is 0 Å². The summed E-state index contributed by atoms with van der Waals surface area (Å²) in [6, 6.07) is 0.0225. The summed E-state index contributed by atoms with van der Waals surface area (Å²) < 4.78 is 13.5. The van der Waals surface area contributed by atoms with Crippen LogP contribution in [0.25, 0.3) is 0 Å². The smallest absolute Gasteiger partial charge is 0.164 e. The molecule has 1 fully saturated rings. The van der Waals surface area contributed by atoms with Crippen molar-refractivity contribution in [1.82, 2.24) is 15.0 Å². The van der Waals surface area contributed by atoms with Gasteiger partial charge in [0.25, 0.3) is 0 Å². The third-order valence-electron chi connectivity index (χ3n) is 2.88. The van der Waals surface area contributed by atoms with Crippen molar-refractivity contribution in [2.45, 2.75) is 37.9 Å². The van der Waals surface area contributed by atoms with Crippen molar-refractivity contribution in [3.05, 3.63) is 24.5 Å². The molecule has 1 aromatic rings. The van der Waals surface area contributed by atoms with Gasteiger partial charge in [-0.3, -0.25) is 0 Å². The van der Waals surface area contributed by atoms with Crippen LogP contribution in [0.3, 0.4) is 0 Å². The van der Waals surface area contributed by atoms with Gasteiger partial charge in [0.1, 0.15) is 18.2 Å². The summed E-state index contributed by atoms with van der Waals surface area (Å²) in [5, 5.41) is 7.89. The van der Waals surface area contributed by atoms with Crippen molar-refractivity contribution in [3.8, 4) is 0 Å². The van der Waals surface area contributed by atoms with E-state index in [9.17, 15) is 0 Å². The number of fused-ring (bicyclic) bond motifs is 3. The van der Waals surface area contributed by atoms with Crippen molar-refractivity contribution in [2.75, 3.05) is 0 Å². The maximum atomic E-state index is 5.83. The first-order valence-electron chi connectivity index (χ1n) is 5.01. The zero-order valence-corrected chi connectivity index (χ0v) is 8.75. The highest BCUT2D eigenvalue weighted by Crippen LogP contribution is 2.47. The average Bonchev–Trinajstić information content (AvgIpc) is 2.75. The summed E-state index contributed by atoms with van der Waals surface area (Å²) in [5.41, 5.74) is 0.968. The van der Waals surface area contributed by atoms with Gasteiger partial charge in [-0.05, 0) is 13.8 Å². The van der Waals surface area contributed by atoms with Crippen molar-refractivity contribution < 1.29 is 9.47 Å².